The third-order valence-electron chi connectivity index (χ3n) is 4.19. The minimum atomic E-state index is -0.136. The lowest BCUT2D eigenvalue weighted by Gasteiger charge is -2.29. The van der Waals surface area contributed by atoms with Crippen LogP contribution in [0.5, 0.6) is 0 Å². The van der Waals surface area contributed by atoms with Gasteiger partial charge in [-0.2, -0.15) is 0 Å². The van der Waals surface area contributed by atoms with Gasteiger partial charge >= 0.3 is 0 Å². The van der Waals surface area contributed by atoms with E-state index in [9.17, 15) is 4.39 Å². The van der Waals surface area contributed by atoms with Crippen LogP contribution in [0.2, 0.25) is 0 Å². The van der Waals surface area contributed by atoms with E-state index < -0.39 is 0 Å². The SMILES string of the molecule is Fc1cccc(N2CCC(CN3CCNCC3)C2)c1. The summed E-state index contributed by atoms with van der Waals surface area (Å²) in [6.45, 7) is 7.86. The molecule has 1 atom stereocenters. The Morgan fingerprint density at radius 2 is 2.05 bits per heavy atom. The second-order valence-corrected chi connectivity index (χ2v) is 5.63. The van der Waals surface area contributed by atoms with E-state index in [4.69, 9.17) is 0 Å². The fraction of sp³-hybridized carbons (Fsp3) is 0.600. The van der Waals surface area contributed by atoms with Gasteiger partial charge in [-0.05, 0) is 30.5 Å². The van der Waals surface area contributed by atoms with Gasteiger partial charge in [0.1, 0.15) is 5.82 Å². The molecule has 0 amide bonds. The predicted octanol–water partition coefficient (Wildman–Crippen LogP) is 1.56. The van der Waals surface area contributed by atoms with Crippen LogP contribution in [0.1, 0.15) is 6.42 Å². The van der Waals surface area contributed by atoms with Crippen molar-refractivity contribution in [2.24, 2.45) is 5.92 Å². The van der Waals surface area contributed by atoms with Gasteiger partial charge in [-0.3, -0.25) is 0 Å². The summed E-state index contributed by atoms with van der Waals surface area (Å²) in [5, 5.41) is 3.39. The van der Waals surface area contributed by atoms with Crippen molar-refractivity contribution in [2.75, 3.05) is 50.7 Å². The molecule has 19 heavy (non-hydrogen) atoms. The lowest BCUT2D eigenvalue weighted by atomic mass is 10.1. The van der Waals surface area contributed by atoms with Crippen LogP contribution in [0.15, 0.2) is 24.3 Å². The third-order valence-corrected chi connectivity index (χ3v) is 4.19. The number of anilines is 1. The van der Waals surface area contributed by atoms with Crippen LogP contribution in [0.4, 0.5) is 10.1 Å². The Morgan fingerprint density at radius 1 is 1.21 bits per heavy atom. The summed E-state index contributed by atoms with van der Waals surface area (Å²) in [6.07, 6.45) is 1.22. The van der Waals surface area contributed by atoms with E-state index >= 15 is 0 Å². The Bertz CT molecular complexity index is 418. The van der Waals surface area contributed by atoms with Gasteiger partial charge in [-0.1, -0.05) is 6.07 Å². The highest BCUT2D eigenvalue weighted by Gasteiger charge is 2.25. The minimum Gasteiger partial charge on any atom is -0.371 e. The summed E-state index contributed by atoms with van der Waals surface area (Å²) >= 11 is 0. The second kappa shape index (κ2) is 5.88. The van der Waals surface area contributed by atoms with Crippen molar-refractivity contribution in [2.45, 2.75) is 6.42 Å². The highest BCUT2D eigenvalue weighted by molar-refractivity contribution is 5.47. The monoisotopic (exact) mass is 263 g/mol. The smallest absolute Gasteiger partial charge is 0.125 e. The number of nitrogens with one attached hydrogen (secondary N) is 1. The first-order valence-electron chi connectivity index (χ1n) is 7.25. The molecule has 0 saturated carbocycles. The normalized spacial score (nSPS) is 24.9. The van der Waals surface area contributed by atoms with E-state index in [1.807, 2.05) is 6.07 Å². The van der Waals surface area contributed by atoms with E-state index in [-0.39, 0.29) is 5.82 Å². The largest absolute Gasteiger partial charge is 0.371 e. The summed E-state index contributed by atoms with van der Waals surface area (Å²) in [5.74, 6) is 0.587. The van der Waals surface area contributed by atoms with Crippen LogP contribution in [0, 0.1) is 11.7 Å². The Labute approximate surface area is 114 Å². The molecule has 0 aliphatic carbocycles. The molecule has 1 aromatic rings. The average Bonchev–Trinajstić information content (AvgIpc) is 2.88. The van der Waals surface area contributed by atoms with Crippen molar-refractivity contribution in [3.63, 3.8) is 0 Å². The van der Waals surface area contributed by atoms with Crippen LogP contribution in [-0.2, 0) is 0 Å². The second-order valence-electron chi connectivity index (χ2n) is 5.63. The Hall–Kier alpha value is -1.13. The van der Waals surface area contributed by atoms with Crippen LogP contribution >= 0.6 is 0 Å². The molecule has 0 radical (unpaired) electrons. The first-order chi connectivity index (χ1) is 9.31. The minimum absolute atomic E-state index is 0.136. The highest BCUT2D eigenvalue weighted by Crippen LogP contribution is 2.24. The van der Waals surface area contributed by atoms with E-state index in [1.165, 1.54) is 19.0 Å². The molecule has 0 spiro atoms. The van der Waals surface area contributed by atoms with Gasteiger partial charge in [-0.15, -0.1) is 0 Å². The zero-order valence-corrected chi connectivity index (χ0v) is 11.3. The summed E-state index contributed by atoms with van der Waals surface area (Å²) < 4.78 is 13.2. The molecule has 1 N–H and O–H groups in total. The zero-order valence-electron chi connectivity index (χ0n) is 11.3. The predicted molar refractivity (Wildman–Crippen MR) is 76.0 cm³/mol. The Balaban J connectivity index is 1.55. The van der Waals surface area contributed by atoms with Crippen molar-refractivity contribution >= 4 is 5.69 Å². The quantitative estimate of drug-likeness (QED) is 0.893. The first kappa shape index (κ1) is 12.9. The molecule has 1 aromatic carbocycles. The first-order valence-corrected chi connectivity index (χ1v) is 7.25. The molecule has 2 fully saturated rings. The van der Waals surface area contributed by atoms with Gasteiger partial charge in [0, 0.05) is 51.5 Å². The van der Waals surface area contributed by atoms with E-state index in [2.05, 4.69) is 15.1 Å². The van der Waals surface area contributed by atoms with Crippen LogP contribution in [0.3, 0.4) is 0 Å². The molecule has 0 bridgehead atoms. The number of hydrogen-bond donors (Lipinski definition) is 1. The van der Waals surface area contributed by atoms with Crippen LogP contribution in [-0.4, -0.2) is 50.7 Å². The number of hydrogen-bond acceptors (Lipinski definition) is 3. The topological polar surface area (TPSA) is 18.5 Å². The van der Waals surface area contributed by atoms with Crippen LogP contribution < -0.4 is 10.2 Å². The standard InChI is InChI=1S/C15H22FN3/c16-14-2-1-3-15(10-14)19-7-4-13(12-19)11-18-8-5-17-6-9-18/h1-3,10,13,17H,4-9,11-12H2. The molecular weight excluding hydrogens is 241 g/mol. The lowest BCUT2D eigenvalue weighted by molar-refractivity contribution is 0.212. The number of halogens is 1. The Morgan fingerprint density at radius 3 is 2.84 bits per heavy atom. The maximum atomic E-state index is 13.2. The number of rotatable bonds is 3. The maximum absolute atomic E-state index is 13.2. The third kappa shape index (κ3) is 3.25. The summed E-state index contributed by atoms with van der Waals surface area (Å²) in [5.41, 5.74) is 1.03. The molecule has 0 aromatic heterocycles. The molecule has 2 aliphatic heterocycles. The molecule has 1 unspecified atom stereocenters. The summed E-state index contributed by atoms with van der Waals surface area (Å²) in [4.78, 5) is 4.87. The van der Waals surface area contributed by atoms with Crippen molar-refractivity contribution < 1.29 is 4.39 Å². The average molecular weight is 263 g/mol. The van der Waals surface area contributed by atoms with E-state index in [0.717, 1.165) is 50.9 Å². The molecule has 3 rings (SSSR count). The van der Waals surface area contributed by atoms with Gasteiger partial charge in [0.05, 0.1) is 0 Å². The molecule has 3 nitrogen and oxygen atoms in total. The van der Waals surface area contributed by atoms with Crippen molar-refractivity contribution in [1.29, 1.82) is 0 Å². The van der Waals surface area contributed by atoms with Gasteiger partial charge in [0.15, 0.2) is 0 Å². The molecule has 104 valence electrons. The van der Waals surface area contributed by atoms with Gasteiger partial charge < -0.3 is 15.1 Å². The number of nitrogens with zero attached hydrogens (tertiary/aromatic N) is 2. The molecule has 2 aliphatic rings. The van der Waals surface area contributed by atoms with Crippen molar-refractivity contribution in [3.05, 3.63) is 30.1 Å². The summed E-state index contributed by atoms with van der Waals surface area (Å²) in [6, 6.07) is 6.97. The van der Waals surface area contributed by atoms with Crippen molar-refractivity contribution in [1.82, 2.24) is 10.2 Å². The van der Waals surface area contributed by atoms with Gasteiger partial charge in [-0.25, -0.2) is 4.39 Å². The van der Waals surface area contributed by atoms with Crippen LogP contribution in [0.25, 0.3) is 0 Å². The molecule has 2 heterocycles. The number of benzene rings is 1. The molecule has 2 saturated heterocycles. The van der Waals surface area contributed by atoms with Gasteiger partial charge in [0.2, 0.25) is 0 Å². The maximum Gasteiger partial charge on any atom is 0.125 e. The lowest BCUT2D eigenvalue weighted by Crippen LogP contribution is -2.45. The highest BCUT2D eigenvalue weighted by atomic mass is 19.1. The summed E-state index contributed by atoms with van der Waals surface area (Å²) in [7, 11) is 0. The fourth-order valence-electron chi connectivity index (χ4n) is 3.15. The molecule has 4 heteroatoms. The Kier molecular flexibility index (Phi) is 3.99. The van der Waals surface area contributed by atoms with E-state index in [1.54, 1.807) is 12.1 Å². The van der Waals surface area contributed by atoms with Gasteiger partial charge in [0.25, 0.3) is 0 Å². The molecular formula is C15H22FN3. The van der Waals surface area contributed by atoms with E-state index in [0.29, 0.717) is 0 Å². The zero-order chi connectivity index (χ0) is 13.1. The van der Waals surface area contributed by atoms with Crippen molar-refractivity contribution in [3.8, 4) is 0 Å². The number of piperazine rings is 1. The fourth-order valence-corrected chi connectivity index (χ4v) is 3.15.